The first-order chi connectivity index (χ1) is 14.2. The Morgan fingerprint density at radius 2 is 1.76 bits per heavy atom. The van der Waals surface area contributed by atoms with Crippen LogP contribution in [-0.4, -0.2) is 27.0 Å². The molecule has 5 heteroatoms. The molecule has 0 bridgehead atoms. The number of fused-ring (bicyclic) bond motifs is 4. The number of rotatable bonds is 4. The zero-order valence-electron chi connectivity index (χ0n) is 16.3. The average molecular weight is 405 g/mol. The lowest BCUT2D eigenvalue weighted by molar-refractivity contribution is 0.322. The normalized spacial score (nSPS) is 16.6. The summed E-state index contributed by atoms with van der Waals surface area (Å²) in [5.74, 6) is 0.505. The summed E-state index contributed by atoms with van der Waals surface area (Å²) in [5.41, 5.74) is 4.91. The molecule has 3 aromatic rings. The monoisotopic (exact) mass is 404 g/mol. The van der Waals surface area contributed by atoms with Crippen molar-refractivity contribution in [1.29, 1.82) is 0 Å². The van der Waals surface area contributed by atoms with Gasteiger partial charge in [0.15, 0.2) is 5.16 Å². The fourth-order valence-corrected chi connectivity index (χ4v) is 5.80. The first-order valence-electron chi connectivity index (χ1n) is 10.3. The van der Waals surface area contributed by atoms with Crippen molar-refractivity contribution in [3.05, 3.63) is 76.1 Å². The maximum atomic E-state index is 14.0. The van der Waals surface area contributed by atoms with Gasteiger partial charge in [0.2, 0.25) is 0 Å². The number of nitrogens with zero attached hydrogens (tertiary/aromatic N) is 2. The summed E-state index contributed by atoms with van der Waals surface area (Å²) in [6.45, 7) is 0.0485. The van der Waals surface area contributed by atoms with E-state index in [4.69, 9.17) is 4.98 Å². The maximum Gasteiger partial charge on any atom is 0.263 e. The van der Waals surface area contributed by atoms with Crippen LogP contribution in [0.1, 0.15) is 36.8 Å². The highest BCUT2D eigenvalue weighted by molar-refractivity contribution is 7.99. The summed E-state index contributed by atoms with van der Waals surface area (Å²) in [4.78, 5) is 19.1. The summed E-state index contributed by atoms with van der Waals surface area (Å²) in [5, 5.41) is 10.0. The van der Waals surface area contributed by atoms with Crippen molar-refractivity contribution < 1.29 is 5.11 Å². The van der Waals surface area contributed by atoms with Gasteiger partial charge in [0, 0.05) is 16.7 Å². The zero-order valence-corrected chi connectivity index (χ0v) is 17.1. The Balaban J connectivity index is 1.83. The second-order valence-corrected chi connectivity index (χ2v) is 9.05. The van der Waals surface area contributed by atoms with Crippen LogP contribution >= 0.6 is 11.8 Å². The van der Waals surface area contributed by atoms with E-state index in [1.54, 1.807) is 4.57 Å². The molecule has 5 rings (SSSR count). The Morgan fingerprint density at radius 1 is 1.03 bits per heavy atom. The quantitative estimate of drug-likeness (QED) is 0.519. The van der Waals surface area contributed by atoms with E-state index in [0.717, 1.165) is 54.6 Å². The third kappa shape index (κ3) is 3.04. The van der Waals surface area contributed by atoms with Crippen LogP contribution in [0.3, 0.4) is 0 Å². The number of hydrogen-bond donors (Lipinski definition) is 1. The molecule has 0 unspecified atom stereocenters. The standard InChI is InChI=1S/C24H24N2O2S/c27-14-15-29-23-25-21-19-11-5-4-8-17(19)16-24(12-6-7-13-24)20(21)22(28)26(23)18-9-2-1-3-10-18/h1-5,8-11,27H,6-7,12-16H2. The first kappa shape index (κ1) is 18.6. The summed E-state index contributed by atoms with van der Waals surface area (Å²) in [6, 6.07) is 18.1. The molecule has 0 radical (unpaired) electrons. The van der Waals surface area contributed by atoms with E-state index < -0.39 is 0 Å². The van der Waals surface area contributed by atoms with E-state index in [2.05, 4.69) is 18.2 Å². The molecule has 0 atom stereocenters. The number of para-hydroxylation sites is 1. The van der Waals surface area contributed by atoms with Crippen LogP contribution in [0.5, 0.6) is 0 Å². The highest BCUT2D eigenvalue weighted by Gasteiger charge is 2.44. The largest absolute Gasteiger partial charge is 0.396 e. The fourth-order valence-electron chi connectivity index (χ4n) is 5.05. The third-order valence-electron chi connectivity index (χ3n) is 6.28. The SMILES string of the molecule is O=c1c2c(nc(SCCO)n1-c1ccccc1)-c1ccccc1CC21CCCC1. The van der Waals surface area contributed by atoms with Gasteiger partial charge in [-0.3, -0.25) is 9.36 Å². The van der Waals surface area contributed by atoms with E-state index in [9.17, 15) is 9.90 Å². The predicted octanol–water partition coefficient (Wildman–Crippen LogP) is 4.35. The highest BCUT2D eigenvalue weighted by Crippen LogP contribution is 2.50. The van der Waals surface area contributed by atoms with Gasteiger partial charge in [0.05, 0.1) is 23.6 Å². The minimum atomic E-state index is -0.107. The number of thioether (sulfide) groups is 1. The van der Waals surface area contributed by atoms with Crippen molar-refractivity contribution in [2.24, 2.45) is 0 Å². The Bertz CT molecular complexity index is 1100. The number of aliphatic hydroxyl groups excluding tert-OH is 1. The molecule has 29 heavy (non-hydrogen) atoms. The summed E-state index contributed by atoms with van der Waals surface area (Å²) >= 11 is 1.44. The van der Waals surface area contributed by atoms with Crippen LogP contribution in [0.2, 0.25) is 0 Å². The molecule has 1 fully saturated rings. The molecular weight excluding hydrogens is 380 g/mol. The second-order valence-electron chi connectivity index (χ2n) is 7.99. The molecular formula is C24H24N2O2S. The van der Waals surface area contributed by atoms with Gasteiger partial charge in [0.1, 0.15) is 0 Å². The van der Waals surface area contributed by atoms with E-state index >= 15 is 0 Å². The van der Waals surface area contributed by atoms with Gasteiger partial charge < -0.3 is 5.11 Å². The smallest absolute Gasteiger partial charge is 0.263 e. The molecule has 1 heterocycles. The number of hydrogen-bond acceptors (Lipinski definition) is 4. The van der Waals surface area contributed by atoms with Gasteiger partial charge in [-0.1, -0.05) is 67.1 Å². The van der Waals surface area contributed by atoms with Crippen molar-refractivity contribution in [1.82, 2.24) is 9.55 Å². The van der Waals surface area contributed by atoms with Crippen molar-refractivity contribution >= 4 is 11.8 Å². The van der Waals surface area contributed by atoms with E-state index in [1.807, 2.05) is 36.4 Å². The number of aliphatic hydroxyl groups is 1. The molecule has 2 aromatic carbocycles. The summed E-state index contributed by atoms with van der Waals surface area (Å²) in [7, 11) is 0. The Kier molecular flexibility index (Phi) is 4.80. The molecule has 2 aliphatic carbocycles. The van der Waals surface area contributed by atoms with Crippen LogP contribution in [0.15, 0.2) is 64.5 Å². The van der Waals surface area contributed by atoms with Gasteiger partial charge in [-0.15, -0.1) is 0 Å². The first-order valence-corrected chi connectivity index (χ1v) is 11.3. The van der Waals surface area contributed by atoms with E-state index in [1.165, 1.54) is 17.3 Å². The molecule has 1 N–H and O–H groups in total. The van der Waals surface area contributed by atoms with Gasteiger partial charge in [0.25, 0.3) is 5.56 Å². The zero-order chi connectivity index (χ0) is 19.8. The molecule has 0 amide bonds. The molecule has 0 saturated heterocycles. The predicted molar refractivity (Wildman–Crippen MR) is 117 cm³/mol. The summed E-state index contributed by atoms with van der Waals surface area (Å²) in [6.07, 6.45) is 5.33. The maximum absolute atomic E-state index is 14.0. The molecule has 4 nitrogen and oxygen atoms in total. The molecule has 0 aliphatic heterocycles. The fraction of sp³-hybridized carbons (Fsp3) is 0.333. The molecule has 1 spiro atoms. The minimum Gasteiger partial charge on any atom is -0.396 e. The summed E-state index contributed by atoms with van der Waals surface area (Å²) < 4.78 is 1.76. The van der Waals surface area contributed by atoms with Gasteiger partial charge >= 0.3 is 0 Å². The van der Waals surface area contributed by atoms with Crippen molar-refractivity contribution in [2.75, 3.05) is 12.4 Å². The topological polar surface area (TPSA) is 55.1 Å². The lowest BCUT2D eigenvalue weighted by Crippen LogP contribution is -2.40. The second kappa shape index (κ2) is 7.47. The molecule has 148 valence electrons. The van der Waals surface area contributed by atoms with Gasteiger partial charge in [-0.2, -0.15) is 0 Å². The average Bonchev–Trinajstić information content (AvgIpc) is 3.21. The van der Waals surface area contributed by atoms with Crippen molar-refractivity contribution in [3.8, 4) is 16.9 Å². The Hall–Kier alpha value is -2.37. The van der Waals surface area contributed by atoms with Crippen LogP contribution in [-0.2, 0) is 11.8 Å². The van der Waals surface area contributed by atoms with Crippen LogP contribution in [0.25, 0.3) is 16.9 Å². The van der Waals surface area contributed by atoms with E-state index in [0.29, 0.717) is 10.9 Å². The Labute approximate surface area is 174 Å². The minimum absolute atomic E-state index is 0.0485. The van der Waals surface area contributed by atoms with Crippen molar-refractivity contribution in [2.45, 2.75) is 42.7 Å². The van der Waals surface area contributed by atoms with E-state index in [-0.39, 0.29) is 17.6 Å². The van der Waals surface area contributed by atoms with Crippen molar-refractivity contribution in [3.63, 3.8) is 0 Å². The lowest BCUT2D eigenvalue weighted by atomic mass is 9.68. The van der Waals surface area contributed by atoms with Crippen LogP contribution in [0.4, 0.5) is 0 Å². The number of aromatic nitrogens is 2. The van der Waals surface area contributed by atoms with Gasteiger partial charge in [-0.25, -0.2) is 4.98 Å². The number of benzene rings is 2. The van der Waals surface area contributed by atoms with Crippen LogP contribution < -0.4 is 5.56 Å². The van der Waals surface area contributed by atoms with Gasteiger partial charge in [-0.05, 0) is 37.0 Å². The molecule has 2 aliphatic rings. The third-order valence-corrected chi connectivity index (χ3v) is 7.20. The highest BCUT2D eigenvalue weighted by atomic mass is 32.2. The lowest BCUT2D eigenvalue weighted by Gasteiger charge is -2.36. The van der Waals surface area contributed by atoms with Crippen LogP contribution in [0, 0.1) is 0 Å². The Morgan fingerprint density at radius 3 is 2.52 bits per heavy atom. The molecule has 1 aromatic heterocycles. The molecule has 1 saturated carbocycles.